The van der Waals surface area contributed by atoms with Gasteiger partial charge < -0.3 is 0 Å². The van der Waals surface area contributed by atoms with Crippen molar-refractivity contribution >= 4 is 10.0 Å². The van der Waals surface area contributed by atoms with Crippen molar-refractivity contribution in [3.63, 3.8) is 0 Å². The Kier molecular flexibility index (Phi) is 4.23. The van der Waals surface area contributed by atoms with Gasteiger partial charge >= 0.3 is 0 Å². The molecule has 19 heavy (non-hydrogen) atoms. The molecule has 1 aromatic rings. The van der Waals surface area contributed by atoms with Gasteiger partial charge in [0, 0.05) is 12.6 Å². The van der Waals surface area contributed by atoms with Crippen molar-refractivity contribution in [2.75, 3.05) is 6.54 Å². The lowest BCUT2D eigenvalue weighted by molar-refractivity contribution is 0.268. The first-order chi connectivity index (χ1) is 9.04. The number of hydrogen-bond acceptors (Lipinski definition) is 3. The van der Waals surface area contributed by atoms with E-state index in [4.69, 9.17) is 5.26 Å². The molecule has 1 saturated heterocycles. The van der Waals surface area contributed by atoms with Crippen LogP contribution in [0.15, 0.2) is 24.3 Å². The minimum atomic E-state index is -3.34. The molecule has 102 valence electrons. The van der Waals surface area contributed by atoms with Crippen molar-refractivity contribution in [1.29, 1.82) is 5.26 Å². The molecule has 1 unspecified atom stereocenters. The Hall–Kier alpha value is -1.38. The molecule has 1 aromatic carbocycles. The summed E-state index contributed by atoms with van der Waals surface area (Å²) in [5.41, 5.74) is 1.03. The molecule has 0 N–H and O–H groups in total. The van der Waals surface area contributed by atoms with Gasteiger partial charge in [-0.3, -0.25) is 0 Å². The first kappa shape index (κ1) is 14.0. The van der Waals surface area contributed by atoms with Gasteiger partial charge in [-0.05, 0) is 31.4 Å². The van der Waals surface area contributed by atoms with Crippen LogP contribution in [0, 0.1) is 11.3 Å². The van der Waals surface area contributed by atoms with E-state index in [1.165, 1.54) is 0 Å². The number of nitrogens with zero attached hydrogens (tertiary/aromatic N) is 2. The van der Waals surface area contributed by atoms with E-state index in [9.17, 15) is 8.42 Å². The quantitative estimate of drug-likeness (QED) is 0.852. The van der Waals surface area contributed by atoms with Gasteiger partial charge in [0.15, 0.2) is 0 Å². The molecule has 0 spiro atoms. The summed E-state index contributed by atoms with van der Waals surface area (Å²) in [6.45, 7) is 2.55. The molecule has 0 amide bonds. The number of hydrogen-bond donors (Lipinski definition) is 0. The maximum absolute atomic E-state index is 12.5. The van der Waals surface area contributed by atoms with Gasteiger partial charge in [-0.15, -0.1) is 0 Å². The second-order valence-electron chi connectivity index (χ2n) is 4.98. The fourth-order valence-electron chi connectivity index (χ4n) is 2.52. The van der Waals surface area contributed by atoms with Gasteiger partial charge in [0.2, 0.25) is 10.0 Å². The van der Waals surface area contributed by atoms with Crippen LogP contribution in [0.5, 0.6) is 0 Å². The number of sulfonamides is 1. The summed E-state index contributed by atoms with van der Waals surface area (Å²) in [5, 5.41) is 9.02. The van der Waals surface area contributed by atoms with Gasteiger partial charge in [-0.2, -0.15) is 9.57 Å². The van der Waals surface area contributed by atoms with Crippen molar-refractivity contribution in [3.05, 3.63) is 35.4 Å². The van der Waals surface area contributed by atoms with Gasteiger partial charge in [0.1, 0.15) is 0 Å². The highest BCUT2D eigenvalue weighted by Gasteiger charge is 2.29. The molecule has 0 bridgehead atoms. The predicted octanol–water partition coefficient (Wildman–Crippen LogP) is 2.26. The zero-order chi connectivity index (χ0) is 13.9. The summed E-state index contributed by atoms with van der Waals surface area (Å²) >= 11 is 0. The Morgan fingerprint density at radius 1 is 1.37 bits per heavy atom. The van der Waals surface area contributed by atoms with Crippen molar-refractivity contribution < 1.29 is 8.42 Å². The molecule has 0 radical (unpaired) electrons. The van der Waals surface area contributed by atoms with Crippen molar-refractivity contribution in [2.24, 2.45) is 0 Å². The van der Waals surface area contributed by atoms with E-state index in [1.54, 1.807) is 28.6 Å². The van der Waals surface area contributed by atoms with Gasteiger partial charge in [-0.25, -0.2) is 8.42 Å². The van der Waals surface area contributed by atoms with Gasteiger partial charge in [0.05, 0.1) is 17.4 Å². The first-order valence-electron chi connectivity index (χ1n) is 6.52. The third-order valence-electron chi connectivity index (χ3n) is 3.58. The minimum absolute atomic E-state index is 0.0630. The number of rotatable bonds is 3. The highest BCUT2D eigenvalue weighted by molar-refractivity contribution is 7.88. The van der Waals surface area contributed by atoms with Crippen LogP contribution in [0.25, 0.3) is 0 Å². The number of nitriles is 1. The third-order valence-corrected chi connectivity index (χ3v) is 5.51. The standard InChI is InChI=1S/C14H18N2O2S/c1-12-6-4-5-9-16(12)19(17,18)11-14-8-3-2-7-13(14)10-15/h2-3,7-8,12H,4-6,9,11H2,1H3. The Labute approximate surface area is 114 Å². The topological polar surface area (TPSA) is 61.2 Å². The largest absolute Gasteiger partial charge is 0.218 e. The van der Waals surface area contributed by atoms with Gasteiger partial charge in [0.25, 0.3) is 0 Å². The van der Waals surface area contributed by atoms with E-state index < -0.39 is 10.0 Å². The summed E-state index contributed by atoms with van der Waals surface area (Å²) in [6.07, 6.45) is 2.92. The lowest BCUT2D eigenvalue weighted by Gasteiger charge is -2.32. The summed E-state index contributed by atoms with van der Waals surface area (Å²) in [5.74, 6) is -0.0823. The molecule has 5 heteroatoms. The fourth-order valence-corrected chi connectivity index (χ4v) is 4.39. The molecule has 0 aromatic heterocycles. The Morgan fingerprint density at radius 2 is 2.11 bits per heavy atom. The molecule has 2 rings (SSSR count). The maximum Gasteiger partial charge on any atom is 0.218 e. The zero-order valence-electron chi connectivity index (χ0n) is 11.0. The van der Waals surface area contributed by atoms with Crippen LogP contribution in [-0.4, -0.2) is 25.3 Å². The zero-order valence-corrected chi connectivity index (χ0v) is 11.9. The van der Waals surface area contributed by atoms with Gasteiger partial charge in [-0.1, -0.05) is 24.6 Å². The predicted molar refractivity (Wildman–Crippen MR) is 73.8 cm³/mol. The van der Waals surface area contributed by atoms with E-state index in [0.717, 1.165) is 19.3 Å². The lowest BCUT2D eigenvalue weighted by atomic mass is 10.1. The van der Waals surface area contributed by atoms with Crippen LogP contribution in [0.1, 0.15) is 37.3 Å². The first-order valence-corrected chi connectivity index (χ1v) is 8.13. The molecule has 4 nitrogen and oxygen atoms in total. The van der Waals surface area contributed by atoms with Crippen LogP contribution < -0.4 is 0 Å². The van der Waals surface area contributed by atoms with E-state index in [-0.39, 0.29) is 11.8 Å². The van der Waals surface area contributed by atoms with E-state index >= 15 is 0 Å². The molecular formula is C14H18N2O2S. The third kappa shape index (κ3) is 3.14. The fraction of sp³-hybridized carbons (Fsp3) is 0.500. The summed E-state index contributed by atoms with van der Waals surface area (Å²) in [6, 6.07) is 9.00. The molecule has 1 atom stereocenters. The molecular weight excluding hydrogens is 260 g/mol. The Morgan fingerprint density at radius 3 is 2.79 bits per heavy atom. The highest BCUT2D eigenvalue weighted by atomic mass is 32.2. The molecule has 1 fully saturated rings. The van der Waals surface area contributed by atoms with Crippen molar-refractivity contribution in [3.8, 4) is 6.07 Å². The Balaban J connectivity index is 2.24. The summed E-state index contributed by atoms with van der Waals surface area (Å²) in [4.78, 5) is 0. The Bertz CT molecular complexity index is 590. The van der Waals surface area contributed by atoms with E-state index in [0.29, 0.717) is 17.7 Å². The molecule has 0 aliphatic carbocycles. The second kappa shape index (κ2) is 5.72. The number of piperidine rings is 1. The van der Waals surface area contributed by atoms with Crippen LogP contribution in [0.3, 0.4) is 0 Å². The van der Waals surface area contributed by atoms with Crippen molar-refractivity contribution in [2.45, 2.75) is 38.0 Å². The molecule has 0 saturated carbocycles. The molecule has 1 aliphatic heterocycles. The van der Waals surface area contributed by atoms with Crippen LogP contribution in [0.2, 0.25) is 0 Å². The molecule has 1 aliphatic rings. The average Bonchev–Trinajstić information content (AvgIpc) is 2.39. The highest BCUT2D eigenvalue weighted by Crippen LogP contribution is 2.23. The van der Waals surface area contributed by atoms with Crippen LogP contribution in [-0.2, 0) is 15.8 Å². The SMILES string of the molecule is CC1CCCCN1S(=O)(=O)Cc1ccccc1C#N. The maximum atomic E-state index is 12.5. The average molecular weight is 278 g/mol. The monoisotopic (exact) mass is 278 g/mol. The summed E-state index contributed by atoms with van der Waals surface area (Å²) in [7, 11) is -3.34. The van der Waals surface area contributed by atoms with Crippen LogP contribution in [0.4, 0.5) is 0 Å². The minimum Gasteiger partial charge on any atom is -0.212 e. The van der Waals surface area contributed by atoms with E-state index in [2.05, 4.69) is 0 Å². The van der Waals surface area contributed by atoms with Crippen molar-refractivity contribution in [1.82, 2.24) is 4.31 Å². The molecule has 1 heterocycles. The lowest BCUT2D eigenvalue weighted by Crippen LogP contribution is -2.42. The normalized spacial score (nSPS) is 20.9. The second-order valence-corrected chi connectivity index (χ2v) is 6.90. The van der Waals surface area contributed by atoms with Crippen LogP contribution >= 0.6 is 0 Å². The smallest absolute Gasteiger partial charge is 0.212 e. The van der Waals surface area contributed by atoms with E-state index in [1.807, 2.05) is 13.0 Å². The number of benzene rings is 1. The summed E-state index contributed by atoms with van der Waals surface area (Å²) < 4.78 is 26.5.